The predicted molar refractivity (Wildman–Crippen MR) is 102 cm³/mol. The van der Waals surface area contributed by atoms with Gasteiger partial charge in [0.25, 0.3) is 0 Å². The third kappa shape index (κ3) is 9.63. The van der Waals surface area contributed by atoms with Crippen LogP contribution in [0.25, 0.3) is 0 Å². The topological polar surface area (TPSA) is 70.9 Å². The number of carbonyl (C=O) groups excluding carboxylic acids is 1. The highest BCUT2D eigenvalue weighted by molar-refractivity contribution is 5.85. The molecule has 0 fully saturated rings. The Balaban J connectivity index is 2.21. The first-order valence-corrected chi connectivity index (χ1v) is 9.97. The molecule has 0 saturated heterocycles. The number of hydrazone groups is 1. The molecule has 5 nitrogen and oxygen atoms in total. The summed E-state index contributed by atoms with van der Waals surface area (Å²) in [5, 5.41) is 13.9. The second-order valence-corrected chi connectivity index (χ2v) is 6.87. The Morgan fingerprint density at radius 3 is 2.28 bits per heavy atom. The van der Waals surface area contributed by atoms with E-state index in [1.807, 2.05) is 0 Å². The lowest BCUT2D eigenvalue weighted by Gasteiger charge is -2.18. The summed E-state index contributed by atoms with van der Waals surface area (Å²) in [4.78, 5) is 11.3. The molecular formula is C20H36N2O3. The van der Waals surface area contributed by atoms with Gasteiger partial charge in [0.15, 0.2) is 0 Å². The van der Waals surface area contributed by atoms with Crippen LogP contribution < -0.4 is 5.43 Å². The summed E-state index contributed by atoms with van der Waals surface area (Å²) in [6, 6.07) is 0. The fourth-order valence-electron chi connectivity index (χ4n) is 3.31. The number of aliphatic hydroxyl groups is 1. The molecule has 144 valence electrons. The molecule has 5 heteroatoms. The average molecular weight is 353 g/mol. The highest BCUT2D eigenvalue weighted by Crippen LogP contribution is 2.28. The van der Waals surface area contributed by atoms with E-state index in [1.54, 1.807) is 13.3 Å². The monoisotopic (exact) mass is 352 g/mol. The minimum absolute atomic E-state index is 0.118. The Kier molecular flexibility index (Phi) is 12.0. The van der Waals surface area contributed by atoms with Gasteiger partial charge in [0.1, 0.15) is 0 Å². The summed E-state index contributed by atoms with van der Waals surface area (Å²) in [5.74, 6) is -0.325. The Hall–Kier alpha value is -1.36. The molecule has 0 bridgehead atoms. The molecule has 0 saturated carbocycles. The summed E-state index contributed by atoms with van der Waals surface area (Å²) in [7, 11) is 1.75. The molecule has 25 heavy (non-hydrogen) atoms. The van der Waals surface area contributed by atoms with Gasteiger partial charge in [-0.1, -0.05) is 71.1 Å². The lowest BCUT2D eigenvalue weighted by Crippen LogP contribution is -2.17. The molecule has 0 aromatic heterocycles. The molecule has 0 spiro atoms. The Morgan fingerprint density at radius 1 is 1.16 bits per heavy atom. The van der Waals surface area contributed by atoms with Gasteiger partial charge in [-0.05, 0) is 18.8 Å². The second-order valence-electron chi connectivity index (χ2n) is 6.87. The van der Waals surface area contributed by atoms with Crippen molar-refractivity contribution in [2.75, 3.05) is 7.05 Å². The van der Waals surface area contributed by atoms with Crippen LogP contribution >= 0.6 is 0 Å². The summed E-state index contributed by atoms with van der Waals surface area (Å²) in [6.07, 6.45) is 16.8. The first kappa shape index (κ1) is 21.7. The molecule has 2 N–H and O–H groups in total. The number of cyclic esters (lactones) is 1. The maximum Gasteiger partial charge on any atom is 0.333 e. The Bertz CT molecular complexity index is 421. The maximum absolute atomic E-state index is 11.3. The molecule has 1 aliphatic heterocycles. The van der Waals surface area contributed by atoms with Crippen molar-refractivity contribution >= 4 is 12.2 Å². The van der Waals surface area contributed by atoms with Gasteiger partial charge in [-0.25, -0.2) is 4.79 Å². The SMILES string of the molecule is CCCCCCCCCCCCC(C/C=N/NC)C1=CC(=O)OC1O. The number of hydrogen-bond acceptors (Lipinski definition) is 5. The lowest BCUT2D eigenvalue weighted by molar-refractivity contribution is -0.151. The van der Waals surface area contributed by atoms with Crippen LogP contribution in [0.2, 0.25) is 0 Å². The average Bonchev–Trinajstić information content (AvgIpc) is 2.93. The van der Waals surface area contributed by atoms with Gasteiger partial charge < -0.3 is 15.3 Å². The van der Waals surface area contributed by atoms with Crippen LogP contribution in [0.15, 0.2) is 16.8 Å². The summed E-state index contributed by atoms with van der Waals surface area (Å²) in [6.45, 7) is 2.25. The second kappa shape index (κ2) is 13.9. The standard InChI is InChI=1S/C20H36N2O3/c1-3-4-5-6-7-8-9-10-11-12-13-17(14-15-22-21-2)18-16-19(23)25-20(18)24/h15-17,20-21,24H,3-14H2,1-2H3/b22-15+. The molecule has 1 rings (SSSR count). The molecule has 0 amide bonds. The van der Waals surface area contributed by atoms with Crippen LogP contribution in [0.5, 0.6) is 0 Å². The number of ether oxygens (including phenoxy) is 1. The van der Waals surface area contributed by atoms with E-state index in [1.165, 1.54) is 63.9 Å². The van der Waals surface area contributed by atoms with Gasteiger partial charge in [0.2, 0.25) is 6.29 Å². The van der Waals surface area contributed by atoms with Crippen LogP contribution in [0.1, 0.15) is 84.0 Å². The van der Waals surface area contributed by atoms with Crippen LogP contribution in [0.4, 0.5) is 0 Å². The van der Waals surface area contributed by atoms with E-state index in [0.717, 1.165) is 12.8 Å². The number of rotatable bonds is 15. The van der Waals surface area contributed by atoms with Crippen LogP contribution in [-0.4, -0.2) is 30.6 Å². The molecule has 0 aliphatic carbocycles. The minimum atomic E-state index is -1.08. The number of carbonyl (C=O) groups is 1. The normalized spacial score (nSPS) is 18.4. The fraction of sp³-hybridized carbons (Fsp3) is 0.800. The van der Waals surface area contributed by atoms with E-state index in [4.69, 9.17) is 4.74 Å². The summed E-state index contributed by atoms with van der Waals surface area (Å²) in [5.41, 5.74) is 3.43. The molecule has 1 heterocycles. The van der Waals surface area contributed by atoms with Crippen molar-refractivity contribution < 1.29 is 14.6 Å². The number of unbranched alkanes of at least 4 members (excludes halogenated alkanes) is 9. The molecule has 0 aromatic rings. The van der Waals surface area contributed by atoms with Gasteiger partial charge in [0, 0.05) is 24.9 Å². The highest BCUT2D eigenvalue weighted by Gasteiger charge is 2.29. The van der Waals surface area contributed by atoms with Crippen molar-refractivity contribution in [3.05, 3.63) is 11.6 Å². The van der Waals surface area contributed by atoms with Gasteiger partial charge in [-0.3, -0.25) is 0 Å². The van der Waals surface area contributed by atoms with Crippen LogP contribution in [0, 0.1) is 5.92 Å². The highest BCUT2D eigenvalue weighted by atomic mass is 16.6. The Labute approximate surface area is 152 Å². The lowest BCUT2D eigenvalue weighted by atomic mass is 9.90. The van der Waals surface area contributed by atoms with Gasteiger partial charge in [0.05, 0.1) is 0 Å². The van der Waals surface area contributed by atoms with Gasteiger partial charge >= 0.3 is 5.97 Å². The quantitative estimate of drug-likeness (QED) is 0.199. The first-order chi connectivity index (χ1) is 12.2. The third-order valence-electron chi connectivity index (χ3n) is 4.79. The van der Waals surface area contributed by atoms with E-state index in [0.29, 0.717) is 12.0 Å². The van der Waals surface area contributed by atoms with Gasteiger partial charge in [-0.15, -0.1) is 0 Å². The van der Waals surface area contributed by atoms with E-state index < -0.39 is 12.3 Å². The Morgan fingerprint density at radius 2 is 1.76 bits per heavy atom. The van der Waals surface area contributed by atoms with Crippen molar-refractivity contribution in [1.82, 2.24) is 5.43 Å². The number of nitrogens with zero attached hydrogens (tertiary/aromatic N) is 1. The summed E-state index contributed by atoms with van der Waals surface area (Å²) < 4.78 is 4.82. The van der Waals surface area contributed by atoms with E-state index >= 15 is 0 Å². The first-order valence-electron chi connectivity index (χ1n) is 9.97. The van der Waals surface area contributed by atoms with Crippen LogP contribution in [-0.2, 0) is 9.53 Å². The molecule has 0 radical (unpaired) electrons. The zero-order valence-corrected chi connectivity index (χ0v) is 16.0. The molecule has 2 unspecified atom stereocenters. The molecule has 1 aliphatic rings. The largest absolute Gasteiger partial charge is 0.429 e. The van der Waals surface area contributed by atoms with E-state index in [9.17, 15) is 9.90 Å². The van der Waals surface area contributed by atoms with Crippen molar-refractivity contribution in [3.8, 4) is 0 Å². The third-order valence-corrected chi connectivity index (χ3v) is 4.79. The van der Waals surface area contributed by atoms with Crippen molar-refractivity contribution in [3.63, 3.8) is 0 Å². The zero-order valence-electron chi connectivity index (χ0n) is 16.0. The van der Waals surface area contributed by atoms with Crippen molar-refractivity contribution in [2.24, 2.45) is 11.0 Å². The fourth-order valence-corrected chi connectivity index (χ4v) is 3.31. The van der Waals surface area contributed by atoms with Crippen LogP contribution in [0.3, 0.4) is 0 Å². The van der Waals surface area contributed by atoms with Gasteiger partial charge in [-0.2, -0.15) is 5.10 Å². The zero-order chi connectivity index (χ0) is 18.3. The maximum atomic E-state index is 11.3. The molecule has 2 atom stereocenters. The van der Waals surface area contributed by atoms with Crippen molar-refractivity contribution in [1.29, 1.82) is 0 Å². The molecular weight excluding hydrogens is 316 g/mol. The summed E-state index contributed by atoms with van der Waals surface area (Å²) >= 11 is 0. The number of hydrogen-bond donors (Lipinski definition) is 2. The minimum Gasteiger partial charge on any atom is -0.429 e. The van der Waals surface area contributed by atoms with Crippen molar-refractivity contribution in [2.45, 2.75) is 90.3 Å². The molecule has 0 aromatic carbocycles. The van der Waals surface area contributed by atoms with E-state index in [2.05, 4.69) is 17.5 Å². The predicted octanol–water partition coefficient (Wildman–Crippen LogP) is 4.31. The number of nitrogens with one attached hydrogen (secondary N) is 1. The smallest absolute Gasteiger partial charge is 0.333 e. The number of aliphatic hydroxyl groups excluding tert-OH is 1. The number of esters is 1. The van der Waals surface area contributed by atoms with E-state index in [-0.39, 0.29) is 5.92 Å².